The van der Waals surface area contributed by atoms with Crippen LogP contribution in [0, 0.1) is 0 Å². The van der Waals surface area contributed by atoms with E-state index >= 15 is 0 Å². The number of unbranched alkanes of at least 4 members (excludes halogenated alkanes) is 17. The molecule has 0 amide bonds. The number of phosphoric acid groups is 1. The normalized spacial score (nSPS) is 11.8. The maximum absolute atomic E-state index is 12.2. The van der Waals surface area contributed by atoms with E-state index in [1.165, 1.54) is 77.0 Å². The minimum Gasteiger partial charge on any atom is -0.790 e. The molecular weight excluding hydrogens is 573 g/mol. The number of hydrogen-bond acceptors (Lipinski definition) is 9. The van der Waals surface area contributed by atoms with E-state index in [4.69, 9.17) is 4.74 Å². The Morgan fingerprint density at radius 2 is 1.25 bits per heavy atom. The first-order valence-corrected chi connectivity index (χ1v) is 17.5. The summed E-state index contributed by atoms with van der Waals surface area (Å²) in [5.41, 5.74) is 0. The van der Waals surface area contributed by atoms with Gasteiger partial charge in [0, 0.05) is 12.2 Å². The van der Waals surface area contributed by atoms with Crippen LogP contribution in [0.3, 0.4) is 0 Å². The summed E-state index contributed by atoms with van der Waals surface area (Å²) in [6.07, 6.45) is 21.5. The third-order valence-electron chi connectivity index (χ3n) is 6.37. The Labute approximate surface area is 292 Å². The predicted octanol–water partition coefficient (Wildman–Crippen LogP) is 0.480. The van der Waals surface area contributed by atoms with Gasteiger partial charge >= 0.3 is 65.1 Å². The molecule has 0 unspecified atom stereocenters. The summed E-state index contributed by atoms with van der Waals surface area (Å²) < 4.78 is 25.4. The summed E-state index contributed by atoms with van der Waals surface area (Å²) in [5, 5.41) is 0. The van der Waals surface area contributed by atoms with Crippen LogP contribution in [0.1, 0.15) is 135 Å². The number of thioether (sulfide) groups is 1. The first-order chi connectivity index (χ1) is 18.4. The van der Waals surface area contributed by atoms with E-state index in [-0.39, 0.29) is 65.1 Å². The van der Waals surface area contributed by atoms with Crippen molar-refractivity contribution in [2.75, 3.05) is 24.7 Å². The first kappa shape index (κ1) is 45.8. The van der Waals surface area contributed by atoms with Crippen molar-refractivity contribution in [3.8, 4) is 0 Å². The molecule has 0 spiro atoms. The fraction of sp³-hybridized carbons (Fsp3) is 0.929. The largest absolute Gasteiger partial charge is 1.00 e. The van der Waals surface area contributed by atoms with Crippen molar-refractivity contribution in [1.29, 1.82) is 0 Å². The van der Waals surface area contributed by atoms with Gasteiger partial charge in [-0.2, -0.15) is 11.8 Å². The molecule has 0 aromatic carbocycles. The molecule has 226 valence electrons. The fourth-order valence-electron chi connectivity index (χ4n) is 4.18. The molecule has 0 aliphatic carbocycles. The van der Waals surface area contributed by atoms with Crippen LogP contribution >= 0.6 is 19.6 Å². The van der Waals surface area contributed by atoms with Crippen LogP contribution in [0.5, 0.6) is 0 Å². The molecule has 12 heteroatoms. The van der Waals surface area contributed by atoms with E-state index in [0.29, 0.717) is 25.3 Å². The molecule has 0 aliphatic heterocycles. The van der Waals surface area contributed by atoms with Gasteiger partial charge in [0.1, 0.15) is 6.10 Å². The Morgan fingerprint density at radius 3 is 1.75 bits per heavy atom. The molecule has 1 atom stereocenters. The predicted molar refractivity (Wildman–Crippen MR) is 151 cm³/mol. The zero-order chi connectivity index (χ0) is 28.2. The average molecular weight is 627 g/mol. The zero-order valence-corrected chi connectivity index (χ0v) is 31.5. The molecule has 0 N–H and O–H groups in total. The molecule has 0 radical (unpaired) electrons. The topological polar surface area (TPSA) is 125 Å². The summed E-state index contributed by atoms with van der Waals surface area (Å²) in [6, 6.07) is 0. The molecule has 0 aromatic rings. The van der Waals surface area contributed by atoms with Crippen LogP contribution < -0.4 is 68.9 Å². The number of hydrogen-bond donors (Lipinski definition) is 0. The van der Waals surface area contributed by atoms with Gasteiger partial charge in [0.2, 0.25) is 0 Å². The van der Waals surface area contributed by atoms with Crippen molar-refractivity contribution in [2.45, 2.75) is 141 Å². The van der Waals surface area contributed by atoms with Crippen LogP contribution in [0.2, 0.25) is 0 Å². The van der Waals surface area contributed by atoms with Crippen LogP contribution in [0.4, 0.5) is 0 Å². The summed E-state index contributed by atoms with van der Waals surface area (Å²) in [6.45, 7) is 2.82. The monoisotopic (exact) mass is 626 g/mol. The standard InChI is InChI=1S/C28H55O8PS.2Na/c1-2-3-4-5-6-12-15-18-21-28(30)36-27(24-35-37(31,32)33)25-38-23-20-17-14-11-9-7-8-10-13-16-19-22-34-26-29;;/h26-27H,2-25H2,1H3,(H2,31,32,33);;/q;2*+1/p-2/t27-;;/m1../s1. The van der Waals surface area contributed by atoms with Crippen LogP contribution in [0.25, 0.3) is 0 Å². The number of phosphoric ester groups is 1. The van der Waals surface area contributed by atoms with Gasteiger partial charge in [-0.1, -0.05) is 110 Å². The van der Waals surface area contributed by atoms with Crippen molar-refractivity contribution in [3.63, 3.8) is 0 Å². The Hall–Kier alpha value is 1.40. The number of rotatable bonds is 30. The number of ether oxygens (including phenoxy) is 2. The minimum absolute atomic E-state index is 0. The van der Waals surface area contributed by atoms with E-state index in [2.05, 4.69) is 16.2 Å². The molecule has 8 nitrogen and oxygen atoms in total. The summed E-state index contributed by atoms with van der Waals surface area (Å²) in [4.78, 5) is 44.0. The number of carbonyl (C=O) groups excluding carboxylic acids is 2. The van der Waals surface area contributed by atoms with E-state index in [1.54, 1.807) is 11.8 Å². The van der Waals surface area contributed by atoms with Crippen LogP contribution in [-0.2, 0) is 28.2 Å². The van der Waals surface area contributed by atoms with Gasteiger partial charge in [0.25, 0.3) is 6.47 Å². The van der Waals surface area contributed by atoms with Crippen molar-refractivity contribution >= 4 is 32.0 Å². The molecule has 0 saturated carbocycles. The van der Waals surface area contributed by atoms with Crippen LogP contribution in [0.15, 0.2) is 0 Å². The van der Waals surface area contributed by atoms with E-state index in [9.17, 15) is 23.9 Å². The maximum atomic E-state index is 12.2. The summed E-state index contributed by atoms with van der Waals surface area (Å²) in [5.74, 6) is 0.959. The SMILES string of the molecule is CCCCCCCCCCC(=O)O[C@H](COP(=O)([O-])[O-])CSCCCCCCCCCCCCCOC=O.[Na+].[Na+]. The molecule has 0 saturated heterocycles. The number of esters is 1. The molecule has 40 heavy (non-hydrogen) atoms. The van der Waals surface area contributed by atoms with E-state index < -0.39 is 20.5 Å². The molecule has 0 aromatic heterocycles. The maximum Gasteiger partial charge on any atom is 1.00 e. The molecule has 0 heterocycles. The average Bonchev–Trinajstić information content (AvgIpc) is 2.88. The third-order valence-corrected chi connectivity index (χ3v) is 8.02. The second-order valence-electron chi connectivity index (χ2n) is 10.0. The summed E-state index contributed by atoms with van der Waals surface area (Å²) >= 11 is 1.60. The minimum atomic E-state index is -5.10. The first-order valence-electron chi connectivity index (χ1n) is 14.9. The van der Waals surface area contributed by atoms with Gasteiger partial charge in [-0.3, -0.25) is 9.59 Å². The van der Waals surface area contributed by atoms with E-state index in [0.717, 1.165) is 50.7 Å². The Balaban J connectivity index is -0.00000684. The zero-order valence-electron chi connectivity index (χ0n) is 25.7. The van der Waals surface area contributed by atoms with Gasteiger partial charge in [-0.15, -0.1) is 0 Å². The second kappa shape index (κ2) is 34.9. The van der Waals surface area contributed by atoms with Gasteiger partial charge < -0.3 is 28.3 Å². The summed E-state index contributed by atoms with van der Waals surface area (Å²) in [7, 11) is -5.10. The van der Waals surface area contributed by atoms with Crippen molar-refractivity contribution in [1.82, 2.24) is 0 Å². The smallest absolute Gasteiger partial charge is 0.790 e. The Bertz CT molecular complexity index is 599. The fourth-order valence-corrected chi connectivity index (χ4v) is 5.53. The van der Waals surface area contributed by atoms with Crippen molar-refractivity contribution < 1.29 is 97.1 Å². The molecule has 0 rings (SSSR count). The van der Waals surface area contributed by atoms with E-state index in [1.807, 2.05) is 0 Å². The number of carbonyl (C=O) groups is 2. The second-order valence-corrected chi connectivity index (χ2v) is 12.3. The quantitative estimate of drug-likeness (QED) is 0.0368. The molecular formula is C28H53Na2O8PS. The Morgan fingerprint density at radius 1 is 0.775 bits per heavy atom. The van der Waals surface area contributed by atoms with Gasteiger partial charge in [0.05, 0.1) is 21.0 Å². The third kappa shape index (κ3) is 37.4. The molecule has 0 fully saturated rings. The van der Waals surface area contributed by atoms with Gasteiger partial charge in [-0.25, -0.2) is 0 Å². The Kier molecular flexibility index (Phi) is 40.0. The molecule has 0 aliphatic rings. The van der Waals surface area contributed by atoms with Crippen molar-refractivity contribution in [2.24, 2.45) is 0 Å². The van der Waals surface area contributed by atoms with Crippen molar-refractivity contribution in [3.05, 3.63) is 0 Å². The van der Waals surface area contributed by atoms with Crippen LogP contribution in [-0.4, -0.2) is 43.3 Å². The van der Waals surface area contributed by atoms with Gasteiger partial charge in [0.15, 0.2) is 0 Å². The van der Waals surface area contributed by atoms with Gasteiger partial charge in [-0.05, 0) is 25.0 Å². The molecule has 0 bridgehead atoms.